The van der Waals surface area contributed by atoms with Crippen molar-refractivity contribution >= 4 is 46.0 Å². The average Bonchev–Trinajstić information content (AvgIpc) is 3.04. The van der Waals surface area contributed by atoms with Gasteiger partial charge >= 0.3 is 0 Å². The third-order valence-electron chi connectivity index (χ3n) is 4.78. The number of amidine groups is 2. The van der Waals surface area contributed by atoms with E-state index in [-0.39, 0.29) is 17.3 Å². The van der Waals surface area contributed by atoms with E-state index in [0.29, 0.717) is 35.1 Å². The van der Waals surface area contributed by atoms with Gasteiger partial charge in [0.2, 0.25) is 5.91 Å². The smallest absolute Gasteiger partial charge is 0.259 e. The third-order valence-corrected chi connectivity index (χ3v) is 5.72. The SMILES string of the molecule is CC(C)CC1N=C2c3ccccc3N=C(SCC(=O)Nc3ccc(F)cc3F)N2C1=O. The number of aliphatic imine (C=N–C) groups is 2. The first-order valence-electron chi connectivity index (χ1n) is 9.81. The molecule has 4 rings (SSSR count). The van der Waals surface area contributed by atoms with Crippen molar-refractivity contribution in [1.82, 2.24) is 4.90 Å². The first kappa shape index (κ1) is 21.2. The molecule has 1 atom stereocenters. The van der Waals surface area contributed by atoms with Gasteiger partial charge in [0.25, 0.3) is 5.91 Å². The lowest BCUT2D eigenvalue weighted by atomic mass is 10.0. The Kier molecular flexibility index (Phi) is 5.86. The maximum absolute atomic E-state index is 13.8. The number of carbonyl (C=O) groups excluding carboxylic acids is 2. The summed E-state index contributed by atoms with van der Waals surface area (Å²) in [5.41, 5.74) is 1.33. The lowest BCUT2D eigenvalue weighted by Gasteiger charge is -2.25. The van der Waals surface area contributed by atoms with Crippen LogP contribution in [0.2, 0.25) is 0 Å². The number of anilines is 1. The standard InChI is InChI=1S/C22H20F2N4O2S/c1-12(2)9-18-21(30)28-20(26-18)14-5-3-4-6-16(14)27-22(28)31-11-19(29)25-17-8-7-13(23)10-15(17)24/h3-8,10,12,18H,9,11H2,1-2H3,(H,25,29). The summed E-state index contributed by atoms with van der Waals surface area (Å²) in [6, 6.07) is 9.82. The van der Waals surface area contributed by atoms with Gasteiger partial charge in [-0.25, -0.2) is 18.7 Å². The molecule has 2 aromatic carbocycles. The van der Waals surface area contributed by atoms with Gasteiger partial charge in [-0.2, -0.15) is 0 Å². The molecule has 1 unspecified atom stereocenters. The van der Waals surface area contributed by atoms with Crippen LogP contribution in [0.25, 0.3) is 0 Å². The zero-order valence-corrected chi connectivity index (χ0v) is 17.7. The Morgan fingerprint density at radius 2 is 2.00 bits per heavy atom. The number of carbonyl (C=O) groups is 2. The number of thioether (sulfide) groups is 1. The van der Waals surface area contributed by atoms with E-state index in [0.717, 1.165) is 29.5 Å². The molecule has 2 heterocycles. The fraction of sp³-hybridized carbons (Fsp3) is 0.273. The molecule has 0 spiro atoms. The molecular formula is C22H20F2N4O2S. The molecule has 0 aliphatic carbocycles. The van der Waals surface area contributed by atoms with E-state index in [1.165, 1.54) is 4.90 Å². The highest BCUT2D eigenvalue weighted by Gasteiger charge is 2.41. The average molecular weight is 442 g/mol. The van der Waals surface area contributed by atoms with Crippen LogP contribution >= 0.6 is 11.8 Å². The van der Waals surface area contributed by atoms with Gasteiger partial charge in [0.1, 0.15) is 23.5 Å². The first-order chi connectivity index (χ1) is 14.8. The Labute approximate surface area is 182 Å². The van der Waals surface area contributed by atoms with Crippen molar-refractivity contribution in [2.75, 3.05) is 11.1 Å². The summed E-state index contributed by atoms with van der Waals surface area (Å²) < 4.78 is 26.8. The molecule has 9 heteroatoms. The fourth-order valence-corrected chi connectivity index (χ4v) is 4.21. The number of amides is 2. The Morgan fingerprint density at radius 1 is 1.23 bits per heavy atom. The Bertz CT molecular complexity index is 1120. The number of nitrogens with zero attached hydrogens (tertiary/aromatic N) is 3. The van der Waals surface area contributed by atoms with Crippen LogP contribution in [0.5, 0.6) is 0 Å². The number of hydrogen-bond donors (Lipinski definition) is 1. The van der Waals surface area contributed by atoms with Crippen molar-refractivity contribution in [3.05, 3.63) is 59.7 Å². The molecule has 2 aromatic rings. The Balaban J connectivity index is 1.54. The van der Waals surface area contributed by atoms with Crippen molar-refractivity contribution in [2.45, 2.75) is 26.3 Å². The quantitative estimate of drug-likeness (QED) is 0.749. The Hall–Kier alpha value is -3.07. The van der Waals surface area contributed by atoms with Crippen LogP contribution in [0.1, 0.15) is 25.8 Å². The molecule has 0 radical (unpaired) electrons. The van der Waals surface area contributed by atoms with Crippen LogP contribution in [-0.4, -0.2) is 39.5 Å². The van der Waals surface area contributed by atoms with Crippen molar-refractivity contribution in [1.29, 1.82) is 0 Å². The third kappa shape index (κ3) is 4.36. The van der Waals surface area contributed by atoms with Crippen LogP contribution in [0.15, 0.2) is 52.4 Å². The predicted octanol–water partition coefficient (Wildman–Crippen LogP) is 4.34. The molecule has 0 bridgehead atoms. The summed E-state index contributed by atoms with van der Waals surface area (Å²) in [6.07, 6.45) is 0.614. The molecule has 2 amide bonds. The topological polar surface area (TPSA) is 74.1 Å². The van der Waals surface area contributed by atoms with Gasteiger partial charge in [-0.15, -0.1) is 0 Å². The summed E-state index contributed by atoms with van der Waals surface area (Å²) in [7, 11) is 0. The van der Waals surface area contributed by atoms with Crippen LogP contribution in [-0.2, 0) is 9.59 Å². The molecule has 0 saturated carbocycles. The number of nitrogens with one attached hydrogen (secondary N) is 1. The molecule has 0 saturated heterocycles. The predicted molar refractivity (Wildman–Crippen MR) is 118 cm³/mol. The Morgan fingerprint density at radius 3 is 2.74 bits per heavy atom. The molecule has 6 nitrogen and oxygen atoms in total. The van der Waals surface area contributed by atoms with E-state index in [2.05, 4.69) is 15.3 Å². The molecule has 1 N–H and O–H groups in total. The maximum atomic E-state index is 13.8. The van der Waals surface area contributed by atoms with Crippen molar-refractivity contribution in [3.8, 4) is 0 Å². The second-order valence-corrected chi connectivity index (χ2v) is 8.59. The van der Waals surface area contributed by atoms with E-state index >= 15 is 0 Å². The summed E-state index contributed by atoms with van der Waals surface area (Å²) in [5, 5.41) is 2.76. The highest BCUT2D eigenvalue weighted by molar-refractivity contribution is 8.14. The van der Waals surface area contributed by atoms with E-state index in [1.54, 1.807) is 0 Å². The number of para-hydroxylation sites is 1. The van der Waals surface area contributed by atoms with Gasteiger partial charge in [0, 0.05) is 11.6 Å². The van der Waals surface area contributed by atoms with Gasteiger partial charge in [0.15, 0.2) is 5.17 Å². The molecule has 31 heavy (non-hydrogen) atoms. The van der Waals surface area contributed by atoms with Crippen LogP contribution in [0.3, 0.4) is 0 Å². The molecule has 2 aliphatic heterocycles. The second kappa shape index (κ2) is 8.58. The molecular weight excluding hydrogens is 422 g/mol. The number of rotatable bonds is 5. The van der Waals surface area contributed by atoms with Crippen molar-refractivity contribution < 1.29 is 18.4 Å². The highest BCUT2D eigenvalue weighted by atomic mass is 32.2. The van der Waals surface area contributed by atoms with Crippen LogP contribution < -0.4 is 5.32 Å². The lowest BCUT2D eigenvalue weighted by Crippen LogP contribution is -2.41. The number of hydrogen-bond acceptors (Lipinski definition) is 5. The largest absolute Gasteiger partial charge is 0.323 e. The van der Waals surface area contributed by atoms with Gasteiger partial charge in [-0.1, -0.05) is 37.7 Å². The summed E-state index contributed by atoms with van der Waals surface area (Å²) >= 11 is 1.06. The van der Waals surface area contributed by atoms with Crippen LogP contribution in [0, 0.1) is 17.6 Å². The maximum Gasteiger partial charge on any atom is 0.259 e. The van der Waals surface area contributed by atoms with E-state index in [1.807, 2.05) is 38.1 Å². The number of halogens is 2. The van der Waals surface area contributed by atoms with Gasteiger partial charge in [-0.05, 0) is 36.6 Å². The molecule has 2 aliphatic rings. The summed E-state index contributed by atoms with van der Waals surface area (Å²) in [6.45, 7) is 4.06. The zero-order chi connectivity index (χ0) is 22.1. The van der Waals surface area contributed by atoms with Gasteiger partial charge < -0.3 is 5.32 Å². The zero-order valence-electron chi connectivity index (χ0n) is 16.9. The fourth-order valence-electron chi connectivity index (χ4n) is 3.41. The first-order valence-corrected chi connectivity index (χ1v) is 10.8. The van der Waals surface area contributed by atoms with E-state index in [9.17, 15) is 18.4 Å². The minimum atomic E-state index is -0.858. The second-order valence-electron chi connectivity index (χ2n) is 7.64. The lowest BCUT2D eigenvalue weighted by molar-refractivity contribution is -0.125. The molecule has 0 aromatic heterocycles. The molecule has 160 valence electrons. The minimum Gasteiger partial charge on any atom is -0.323 e. The van der Waals surface area contributed by atoms with Gasteiger partial charge in [0.05, 0.1) is 17.1 Å². The molecule has 0 fully saturated rings. The van der Waals surface area contributed by atoms with Crippen molar-refractivity contribution in [3.63, 3.8) is 0 Å². The van der Waals surface area contributed by atoms with E-state index < -0.39 is 23.6 Å². The van der Waals surface area contributed by atoms with Crippen molar-refractivity contribution in [2.24, 2.45) is 15.9 Å². The van der Waals surface area contributed by atoms with E-state index in [4.69, 9.17) is 0 Å². The number of fused-ring (bicyclic) bond motifs is 3. The summed E-state index contributed by atoms with van der Waals surface area (Å²) in [4.78, 5) is 36.1. The van der Waals surface area contributed by atoms with Crippen LogP contribution in [0.4, 0.5) is 20.2 Å². The minimum absolute atomic E-state index is 0.107. The number of benzene rings is 2. The highest BCUT2D eigenvalue weighted by Crippen LogP contribution is 2.34. The van der Waals surface area contributed by atoms with Gasteiger partial charge in [-0.3, -0.25) is 14.6 Å². The normalized spacial score (nSPS) is 17.3. The summed E-state index contributed by atoms with van der Waals surface area (Å²) in [5.74, 6) is -1.54. The monoisotopic (exact) mass is 442 g/mol.